The van der Waals surface area contributed by atoms with Crippen molar-refractivity contribution in [2.24, 2.45) is 7.05 Å². The van der Waals surface area contributed by atoms with E-state index in [-0.39, 0.29) is 0 Å². The Morgan fingerprint density at radius 1 is 1.22 bits per heavy atom. The first-order valence-corrected chi connectivity index (χ1v) is 8.24. The van der Waals surface area contributed by atoms with Crippen molar-refractivity contribution in [1.29, 1.82) is 0 Å². The maximum absolute atomic E-state index is 4.13. The van der Waals surface area contributed by atoms with Crippen molar-refractivity contribution < 1.29 is 4.57 Å². The van der Waals surface area contributed by atoms with Crippen LogP contribution in [0.2, 0.25) is 0 Å². The molecule has 4 rings (SSSR count). The molecular formula is C18H17N4S+. The fraction of sp³-hybridized carbons (Fsp3) is 0.111. The van der Waals surface area contributed by atoms with Gasteiger partial charge in [0, 0.05) is 18.0 Å². The summed E-state index contributed by atoms with van der Waals surface area (Å²) in [5.41, 5.74) is 2.44. The Bertz CT molecular complexity index is 884. The molecule has 0 aliphatic carbocycles. The number of fused-ring (bicyclic) bond motifs is 1. The largest absolute Gasteiger partial charge is 0.338 e. The molecule has 0 radical (unpaired) electrons. The van der Waals surface area contributed by atoms with E-state index in [0.717, 1.165) is 5.82 Å². The van der Waals surface area contributed by atoms with Gasteiger partial charge in [0.2, 0.25) is 0 Å². The van der Waals surface area contributed by atoms with E-state index in [1.807, 2.05) is 35.9 Å². The number of hydrogen-bond acceptors (Lipinski definition) is 3. The monoisotopic (exact) mass is 321 g/mol. The molecule has 2 aromatic heterocycles. The molecule has 23 heavy (non-hydrogen) atoms. The summed E-state index contributed by atoms with van der Waals surface area (Å²) in [7, 11) is 4.16. The number of hydrogen-bond donors (Lipinski definition) is 0. The Hall–Kier alpha value is -2.53. The molecule has 4 nitrogen and oxygen atoms in total. The van der Waals surface area contributed by atoms with Crippen LogP contribution in [0.1, 0.15) is 5.56 Å². The van der Waals surface area contributed by atoms with E-state index >= 15 is 0 Å². The fourth-order valence-corrected chi connectivity index (χ4v) is 3.82. The van der Waals surface area contributed by atoms with Crippen molar-refractivity contribution in [1.82, 2.24) is 9.55 Å². The highest BCUT2D eigenvalue weighted by atomic mass is 32.2. The van der Waals surface area contributed by atoms with Crippen LogP contribution in [0.4, 0.5) is 5.69 Å². The minimum atomic E-state index is 1.08. The van der Waals surface area contributed by atoms with E-state index in [9.17, 15) is 0 Å². The van der Waals surface area contributed by atoms with E-state index in [2.05, 4.69) is 70.2 Å². The molecule has 0 fully saturated rings. The summed E-state index contributed by atoms with van der Waals surface area (Å²) in [4.78, 5) is 7.68. The van der Waals surface area contributed by atoms with Crippen LogP contribution in [0.5, 0.6) is 0 Å². The lowest BCUT2D eigenvalue weighted by molar-refractivity contribution is -0.665. The lowest BCUT2D eigenvalue weighted by Gasteiger charge is -2.13. The number of aromatic nitrogens is 3. The van der Waals surface area contributed by atoms with Crippen LogP contribution in [0.25, 0.3) is 11.9 Å². The van der Waals surface area contributed by atoms with Gasteiger partial charge in [0.1, 0.15) is 6.20 Å². The molecule has 0 atom stereocenters. The maximum Gasteiger partial charge on any atom is 0.287 e. The van der Waals surface area contributed by atoms with Crippen LogP contribution in [-0.4, -0.2) is 16.6 Å². The fourth-order valence-electron chi connectivity index (χ4n) is 2.70. The van der Waals surface area contributed by atoms with Crippen LogP contribution in [0.3, 0.4) is 0 Å². The molecular weight excluding hydrogens is 304 g/mol. The number of thioether (sulfide) groups is 1. The number of benzene rings is 1. The van der Waals surface area contributed by atoms with Crippen LogP contribution in [0.15, 0.2) is 71.2 Å². The van der Waals surface area contributed by atoms with Crippen molar-refractivity contribution in [3.05, 3.63) is 71.9 Å². The van der Waals surface area contributed by atoms with E-state index in [4.69, 9.17) is 0 Å². The summed E-state index contributed by atoms with van der Waals surface area (Å²) in [6.45, 7) is 0. The SMILES string of the molecule is CN1/C(=C/c2cc[n+](C)c(-n3ccnc3)c2)Sc2ccccc21. The number of pyridine rings is 1. The highest BCUT2D eigenvalue weighted by molar-refractivity contribution is 8.03. The van der Waals surface area contributed by atoms with Gasteiger partial charge in [-0.2, -0.15) is 4.57 Å². The molecule has 1 aromatic carbocycles. The predicted octanol–water partition coefficient (Wildman–Crippen LogP) is 3.24. The number of para-hydroxylation sites is 1. The normalized spacial score (nSPS) is 15.2. The summed E-state index contributed by atoms with van der Waals surface area (Å²) >= 11 is 1.81. The Balaban J connectivity index is 1.72. The van der Waals surface area contributed by atoms with Gasteiger partial charge < -0.3 is 4.90 Å². The van der Waals surface area contributed by atoms with Crippen LogP contribution in [0, 0.1) is 0 Å². The number of nitrogens with zero attached hydrogens (tertiary/aromatic N) is 4. The first kappa shape index (κ1) is 14.1. The lowest BCUT2D eigenvalue weighted by atomic mass is 10.2. The minimum Gasteiger partial charge on any atom is -0.338 e. The maximum atomic E-state index is 4.13. The van der Waals surface area contributed by atoms with Crippen molar-refractivity contribution in [2.45, 2.75) is 4.90 Å². The Morgan fingerprint density at radius 3 is 2.87 bits per heavy atom. The molecule has 0 saturated carbocycles. The summed E-state index contributed by atoms with van der Waals surface area (Å²) in [6.07, 6.45) is 9.87. The van der Waals surface area contributed by atoms with E-state index in [1.165, 1.54) is 21.2 Å². The molecule has 3 heterocycles. The highest BCUT2D eigenvalue weighted by Crippen LogP contribution is 2.45. The van der Waals surface area contributed by atoms with Crippen LogP contribution >= 0.6 is 11.8 Å². The third kappa shape index (κ3) is 2.53. The van der Waals surface area contributed by atoms with Gasteiger partial charge in [0.25, 0.3) is 5.82 Å². The Kier molecular flexibility index (Phi) is 3.42. The van der Waals surface area contributed by atoms with Gasteiger partial charge in [0.05, 0.1) is 30.2 Å². The minimum absolute atomic E-state index is 1.08. The summed E-state index contributed by atoms with van der Waals surface area (Å²) < 4.78 is 4.10. The molecule has 0 spiro atoms. The quantitative estimate of drug-likeness (QED) is 0.678. The second-order valence-corrected chi connectivity index (χ2v) is 6.57. The van der Waals surface area contributed by atoms with Gasteiger partial charge >= 0.3 is 0 Å². The van der Waals surface area contributed by atoms with Gasteiger partial charge in [-0.25, -0.2) is 9.55 Å². The van der Waals surface area contributed by atoms with Crippen molar-refractivity contribution in [3.63, 3.8) is 0 Å². The molecule has 0 unspecified atom stereocenters. The highest BCUT2D eigenvalue weighted by Gasteiger charge is 2.21. The van der Waals surface area contributed by atoms with Gasteiger partial charge in [-0.1, -0.05) is 23.9 Å². The van der Waals surface area contributed by atoms with Gasteiger partial charge in [0.15, 0.2) is 6.33 Å². The summed E-state index contributed by atoms with van der Waals surface area (Å²) in [5.74, 6) is 1.08. The van der Waals surface area contributed by atoms with E-state index < -0.39 is 0 Å². The van der Waals surface area contributed by atoms with E-state index in [1.54, 1.807) is 6.20 Å². The molecule has 114 valence electrons. The van der Waals surface area contributed by atoms with Crippen molar-refractivity contribution in [3.8, 4) is 5.82 Å². The lowest BCUT2D eigenvalue weighted by Crippen LogP contribution is -2.33. The molecule has 0 saturated heterocycles. The zero-order chi connectivity index (χ0) is 15.8. The second-order valence-electron chi connectivity index (χ2n) is 5.51. The molecule has 0 bridgehead atoms. The molecule has 1 aliphatic heterocycles. The molecule has 3 aromatic rings. The van der Waals surface area contributed by atoms with Crippen LogP contribution in [-0.2, 0) is 7.05 Å². The first-order valence-electron chi connectivity index (χ1n) is 7.43. The predicted molar refractivity (Wildman–Crippen MR) is 93.4 cm³/mol. The molecule has 0 N–H and O–H groups in total. The third-order valence-corrected chi connectivity index (χ3v) is 5.14. The molecule has 5 heteroatoms. The summed E-state index contributed by atoms with van der Waals surface area (Å²) in [5, 5.41) is 1.23. The first-order chi connectivity index (χ1) is 11.2. The number of aryl methyl sites for hydroxylation is 1. The smallest absolute Gasteiger partial charge is 0.287 e. The third-order valence-electron chi connectivity index (χ3n) is 3.98. The van der Waals surface area contributed by atoms with Crippen molar-refractivity contribution >= 4 is 23.5 Å². The second kappa shape index (κ2) is 5.59. The summed E-state index contributed by atoms with van der Waals surface area (Å²) in [6, 6.07) is 12.8. The Labute approximate surface area is 139 Å². The zero-order valence-electron chi connectivity index (χ0n) is 13.0. The number of rotatable bonds is 2. The van der Waals surface area contributed by atoms with Crippen LogP contribution < -0.4 is 9.47 Å². The van der Waals surface area contributed by atoms with Gasteiger partial charge in [-0.3, -0.25) is 0 Å². The zero-order valence-corrected chi connectivity index (χ0v) is 13.9. The number of anilines is 1. The average molecular weight is 321 g/mol. The average Bonchev–Trinajstić information content (AvgIpc) is 3.19. The van der Waals surface area contributed by atoms with Crippen molar-refractivity contribution in [2.75, 3.05) is 11.9 Å². The molecule has 1 aliphatic rings. The van der Waals surface area contributed by atoms with Gasteiger partial charge in [-0.15, -0.1) is 0 Å². The Morgan fingerprint density at radius 2 is 2.09 bits per heavy atom. The standard InChI is InChI=1S/C18H17N4S/c1-20-9-7-14(11-17(20)22-10-8-19-13-22)12-18-21(2)15-5-3-4-6-16(15)23-18/h3-13H,1-2H3/q+1. The molecule has 0 amide bonds. The van der Waals surface area contributed by atoms with E-state index in [0.29, 0.717) is 0 Å². The number of imidazole rings is 1. The topological polar surface area (TPSA) is 24.9 Å². The van der Waals surface area contributed by atoms with Gasteiger partial charge in [-0.05, 0) is 29.8 Å².